The highest BCUT2D eigenvalue weighted by molar-refractivity contribution is 5.98. The second kappa shape index (κ2) is 9.82. The van der Waals surface area contributed by atoms with Gasteiger partial charge in [0.1, 0.15) is 0 Å². The monoisotopic (exact) mass is 559 g/mol. The summed E-state index contributed by atoms with van der Waals surface area (Å²) in [6.45, 7) is 0. The number of fused-ring (bicyclic) bond motifs is 5. The van der Waals surface area contributed by atoms with E-state index in [0.717, 1.165) is 66.5 Å². The average Bonchev–Trinajstić information content (AvgIpc) is 3.09. The van der Waals surface area contributed by atoms with Crippen molar-refractivity contribution in [2.45, 2.75) is 0 Å². The van der Waals surface area contributed by atoms with Crippen LogP contribution in [0.1, 0.15) is 0 Å². The molecule has 3 heterocycles. The Morgan fingerprint density at radius 2 is 0.727 bits per heavy atom. The third-order valence-electron chi connectivity index (χ3n) is 8.56. The Labute approximate surface area is 254 Å². The summed E-state index contributed by atoms with van der Waals surface area (Å²) in [6, 6.07) is 53.4. The number of pyridine rings is 3. The largest absolute Gasteiger partial charge is 0.248 e. The highest BCUT2D eigenvalue weighted by Crippen LogP contribution is 2.31. The fourth-order valence-electron chi connectivity index (χ4n) is 6.23. The van der Waals surface area contributed by atoms with Crippen molar-refractivity contribution < 1.29 is 0 Å². The first-order valence-corrected chi connectivity index (χ1v) is 14.8. The number of aromatic nitrogens is 3. The van der Waals surface area contributed by atoms with E-state index in [1.54, 1.807) is 0 Å². The average molecular weight is 560 g/mol. The van der Waals surface area contributed by atoms with Crippen LogP contribution in [0, 0.1) is 0 Å². The van der Waals surface area contributed by atoms with Gasteiger partial charge in [-0.1, -0.05) is 91.0 Å². The SMILES string of the molecule is c1cc(-c2ccc3nc(-c4ccc5cc6ccccc6cc5n4)ccc3c2)cc(-c2ccc3cc4ccccc4cc3n2)c1. The van der Waals surface area contributed by atoms with Gasteiger partial charge in [-0.3, -0.25) is 0 Å². The first-order chi connectivity index (χ1) is 21.7. The van der Waals surface area contributed by atoms with Crippen molar-refractivity contribution in [3.8, 4) is 33.8 Å². The number of nitrogens with zero attached hydrogens (tertiary/aromatic N) is 3. The molecule has 9 aromatic rings. The summed E-state index contributed by atoms with van der Waals surface area (Å²) >= 11 is 0. The Bertz CT molecular complexity index is 2570. The molecule has 0 saturated carbocycles. The number of hydrogen-bond acceptors (Lipinski definition) is 3. The second-order valence-electron chi connectivity index (χ2n) is 11.4. The van der Waals surface area contributed by atoms with Crippen molar-refractivity contribution in [2.75, 3.05) is 0 Å². The highest BCUT2D eigenvalue weighted by atomic mass is 14.8. The van der Waals surface area contributed by atoms with Crippen molar-refractivity contribution in [1.29, 1.82) is 0 Å². The van der Waals surface area contributed by atoms with Gasteiger partial charge >= 0.3 is 0 Å². The van der Waals surface area contributed by atoms with Crippen molar-refractivity contribution >= 4 is 54.3 Å². The normalized spacial score (nSPS) is 11.6. The summed E-state index contributed by atoms with van der Waals surface area (Å²) in [5.74, 6) is 0. The summed E-state index contributed by atoms with van der Waals surface area (Å²) in [4.78, 5) is 15.0. The molecule has 3 aromatic heterocycles. The second-order valence-corrected chi connectivity index (χ2v) is 11.4. The molecule has 6 aromatic carbocycles. The third-order valence-corrected chi connectivity index (χ3v) is 8.56. The Morgan fingerprint density at radius 1 is 0.250 bits per heavy atom. The first-order valence-electron chi connectivity index (χ1n) is 14.8. The number of benzene rings is 6. The summed E-state index contributed by atoms with van der Waals surface area (Å²) < 4.78 is 0. The molecule has 0 atom stereocenters. The molecule has 0 radical (unpaired) electrons. The Hall–Kier alpha value is -5.93. The van der Waals surface area contributed by atoms with Crippen LogP contribution in [0.3, 0.4) is 0 Å². The van der Waals surface area contributed by atoms with E-state index in [1.165, 1.54) is 21.5 Å². The minimum Gasteiger partial charge on any atom is -0.248 e. The molecule has 204 valence electrons. The molecule has 9 rings (SSSR count). The predicted molar refractivity (Wildman–Crippen MR) is 184 cm³/mol. The molecule has 0 spiro atoms. The van der Waals surface area contributed by atoms with Crippen LogP contribution in [-0.4, -0.2) is 15.0 Å². The summed E-state index contributed by atoms with van der Waals surface area (Å²) in [5.41, 5.74) is 9.06. The van der Waals surface area contributed by atoms with Crippen molar-refractivity contribution in [2.24, 2.45) is 0 Å². The number of rotatable bonds is 3. The van der Waals surface area contributed by atoms with Crippen LogP contribution in [0.2, 0.25) is 0 Å². The van der Waals surface area contributed by atoms with Gasteiger partial charge in [-0.15, -0.1) is 0 Å². The molecule has 0 bridgehead atoms. The first kappa shape index (κ1) is 24.6. The molecule has 0 N–H and O–H groups in total. The molecule has 0 saturated heterocycles. The Morgan fingerprint density at radius 3 is 1.36 bits per heavy atom. The minimum absolute atomic E-state index is 0.873. The fourth-order valence-corrected chi connectivity index (χ4v) is 6.23. The molecule has 0 fully saturated rings. The molecule has 0 aliphatic heterocycles. The molecule has 3 heteroatoms. The Kier molecular flexibility index (Phi) is 5.50. The molecule has 44 heavy (non-hydrogen) atoms. The van der Waals surface area contributed by atoms with Crippen LogP contribution >= 0.6 is 0 Å². The van der Waals surface area contributed by atoms with E-state index in [2.05, 4.69) is 152 Å². The van der Waals surface area contributed by atoms with Gasteiger partial charge in [0.05, 0.1) is 33.6 Å². The molecular weight excluding hydrogens is 534 g/mol. The van der Waals surface area contributed by atoms with E-state index in [9.17, 15) is 0 Å². The summed E-state index contributed by atoms with van der Waals surface area (Å²) in [5, 5.41) is 8.23. The minimum atomic E-state index is 0.873. The van der Waals surface area contributed by atoms with Gasteiger partial charge in [-0.2, -0.15) is 0 Å². The lowest BCUT2D eigenvalue weighted by atomic mass is 9.99. The van der Waals surface area contributed by atoms with Crippen molar-refractivity contribution in [3.05, 3.63) is 152 Å². The van der Waals surface area contributed by atoms with Crippen LogP contribution in [0.5, 0.6) is 0 Å². The fraction of sp³-hybridized carbons (Fsp3) is 0. The van der Waals surface area contributed by atoms with Crippen LogP contribution in [0.4, 0.5) is 0 Å². The molecule has 0 aliphatic carbocycles. The van der Waals surface area contributed by atoms with Crippen molar-refractivity contribution in [3.63, 3.8) is 0 Å². The maximum Gasteiger partial charge on any atom is 0.0894 e. The van der Waals surface area contributed by atoms with E-state index >= 15 is 0 Å². The van der Waals surface area contributed by atoms with E-state index in [-0.39, 0.29) is 0 Å². The van der Waals surface area contributed by atoms with Gasteiger partial charge in [0, 0.05) is 21.7 Å². The molecular formula is C41H25N3. The highest BCUT2D eigenvalue weighted by Gasteiger charge is 2.09. The zero-order valence-electron chi connectivity index (χ0n) is 23.8. The molecule has 0 amide bonds. The lowest BCUT2D eigenvalue weighted by Crippen LogP contribution is -1.90. The quantitative estimate of drug-likeness (QED) is 0.202. The van der Waals surface area contributed by atoms with Gasteiger partial charge in [-0.05, 0) is 93.3 Å². The summed E-state index contributed by atoms with van der Waals surface area (Å²) in [7, 11) is 0. The maximum atomic E-state index is 5.04. The Balaban J connectivity index is 1.05. The molecule has 0 unspecified atom stereocenters. The zero-order valence-corrected chi connectivity index (χ0v) is 23.8. The van der Waals surface area contributed by atoms with E-state index in [1.807, 2.05) is 0 Å². The zero-order chi connectivity index (χ0) is 29.0. The topological polar surface area (TPSA) is 38.7 Å². The van der Waals surface area contributed by atoms with Gasteiger partial charge in [0.15, 0.2) is 0 Å². The molecule has 0 aliphatic rings. The third kappa shape index (κ3) is 4.26. The van der Waals surface area contributed by atoms with Crippen LogP contribution in [0.25, 0.3) is 88.0 Å². The molecule has 3 nitrogen and oxygen atoms in total. The lowest BCUT2D eigenvalue weighted by molar-refractivity contribution is 1.32. The van der Waals surface area contributed by atoms with Crippen LogP contribution < -0.4 is 0 Å². The smallest absolute Gasteiger partial charge is 0.0894 e. The van der Waals surface area contributed by atoms with Crippen molar-refractivity contribution in [1.82, 2.24) is 15.0 Å². The van der Waals surface area contributed by atoms with Gasteiger partial charge < -0.3 is 0 Å². The van der Waals surface area contributed by atoms with E-state index in [0.29, 0.717) is 0 Å². The lowest BCUT2D eigenvalue weighted by Gasteiger charge is -2.09. The van der Waals surface area contributed by atoms with Gasteiger partial charge in [0.2, 0.25) is 0 Å². The maximum absolute atomic E-state index is 5.04. The standard InChI is InChI=1S/C41H25N3/c1-3-8-29-24-40-34(21-26(29)6-1)13-17-36(43-40)32-11-5-10-28(20-32)31-12-16-37-33(23-31)14-18-38(42-37)39-19-15-35-22-27-7-2-4-9-30(27)25-41(35)44-39/h1-25H. The predicted octanol–water partition coefficient (Wildman–Crippen LogP) is 10.6. The van der Waals surface area contributed by atoms with Gasteiger partial charge in [0.25, 0.3) is 0 Å². The van der Waals surface area contributed by atoms with Crippen LogP contribution in [-0.2, 0) is 0 Å². The number of hydrogen-bond donors (Lipinski definition) is 0. The van der Waals surface area contributed by atoms with Gasteiger partial charge in [-0.25, -0.2) is 15.0 Å². The van der Waals surface area contributed by atoms with E-state index < -0.39 is 0 Å². The van der Waals surface area contributed by atoms with E-state index in [4.69, 9.17) is 15.0 Å². The summed E-state index contributed by atoms with van der Waals surface area (Å²) in [6.07, 6.45) is 0. The van der Waals surface area contributed by atoms with Crippen LogP contribution in [0.15, 0.2) is 152 Å².